The van der Waals surface area contributed by atoms with Crippen LogP contribution in [0.25, 0.3) is 0 Å². The van der Waals surface area contributed by atoms with Crippen molar-refractivity contribution in [1.29, 1.82) is 0 Å². The Balaban J connectivity index is 1.60. The van der Waals surface area contributed by atoms with Gasteiger partial charge in [-0.05, 0) is 49.7 Å². The first-order valence-corrected chi connectivity index (χ1v) is 13.3. The number of thioether (sulfide) groups is 2. The SMILES string of the molecule is CCOc1ccc(OCC)c(SC2=C(O)CC(CSc3ccccc3)(c3ccccc3)OC2)c1. The predicted molar refractivity (Wildman–Crippen MR) is 140 cm³/mol. The highest BCUT2D eigenvalue weighted by atomic mass is 32.2. The summed E-state index contributed by atoms with van der Waals surface area (Å²) in [6.45, 7) is 5.41. The van der Waals surface area contributed by atoms with Gasteiger partial charge in [0, 0.05) is 17.1 Å². The van der Waals surface area contributed by atoms with E-state index in [-0.39, 0.29) is 0 Å². The second kappa shape index (κ2) is 11.7. The van der Waals surface area contributed by atoms with Crippen molar-refractivity contribution in [3.05, 3.63) is 95.1 Å². The number of hydrogen-bond donors (Lipinski definition) is 1. The van der Waals surface area contributed by atoms with E-state index < -0.39 is 5.60 Å². The molecule has 0 fully saturated rings. The van der Waals surface area contributed by atoms with E-state index in [0.29, 0.717) is 37.8 Å². The first-order valence-electron chi connectivity index (χ1n) is 11.5. The van der Waals surface area contributed by atoms with Gasteiger partial charge < -0.3 is 19.3 Å². The number of rotatable bonds is 10. The normalized spacial score (nSPS) is 18.1. The fourth-order valence-corrected chi connectivity index (χ4v) is 5.92. The third-order valence-corrected chi connectivity index (χ3v) is 7.88. The minimum atomic E-state index is -0.605. The fraction of sp³-hybridized carbons (Fsp3) is 0.286. The molecule has 4 rings (SSSR count). The Hall–Kier alpha value is -2.54. The number of benzene rings is 3. The standard InChI is InChI=1S/C28H30O4S2/c1-3-30-22-15-16-25(31-4-2)26(17-22)34-27-19-32-28(18-24(27)29,21-11-7-5-8-12-21)20-33-23-13-9-6-10-14-23/h5-17,29H,3-4,18-20H2,1-2H3. The average molecular weight is 495 g/mol. The Bertz CT molecular complexity index is 1100. The van der Waals surface area contributed by atoms with Crippen LogP contribution in [0.15, 0.2) is 99.3 Å². The lowest BCUT2D eigenvalue weighted by atomic mass is 9.89. The lowest BCUT2D eigenvalue weighted by Gasteiger charge is -2.38. The summed E-state index contributed by atoms with van der Waals surface area (Å²) in [5.74, 6) is 2.62. The zero-order valence-electron chi connectivity index (χ0n) is 19.5. The number of aliphatic hydroxyl groups excluding tert-OH is 1. The molecule has 178 valence electrons. The minimum Gasteiger partial charge on any atom is -0.511 e. The third kappa shape index (κ3) is 5.93. The maximum absolute atomic E-state index is 11.2. The molecule has 1 atom stereocenters. The van der Waals surface area contributed by atoms with Crippen molar-refractivity contribution in [3.63, 3.8) is 0 Å². The third-order valence-electron chi connectivity index (χ3n) is 5.53. The summed E-state index contributed by atoms with van der Waals surface area (Å²) in [7, 11) is 0. The van der Waals surface area contributed by atoms with Crippen molar-refractivity contribution in [3.8, 4) is 11.5 Å². The highest BCUT2D eigenvalue weighted by Gasteiger charge is 2.39. The Morgan fingerprint density at radius 3 is 2.29 bits per heavy atom. The van der Waals surface area contributed by atoms with Crippen molar-refractivity contribution in [2.45, 2.75) is 35.7 Å². The predicted octanol–water partition coefficient (Wildman–Crippen LogP) is 7.45. The molecule has 0 aliphatic carbocycles. The molecule has 1 heterocycles. The maximum atomic E-state index is 11.2. The van der Waals surface area contributed by atoms with Gasteiger partial charge in [-0.3, -0.25) is 0 Å². The molecule has 0 saturated carbocycles. The van der Waals surface area contributed by atoms with Gasteiger partial charge in [-0.15, -0.1) is 11.8 Å². The molecule has 4 nitrogen and oxygen atoms in total. The van der Waals surface area contributed by atoms with Gasteiger partial charge in [-0.2, -0.15) is 0 Å². The second-order valence-corrected chi connectivity index (χ2v) is 10.1. The Morgan fingerprint density at radius 1 is 0.912 bits per heavy atom. The molecule has 34 heavy (non-hydrogen) atoms. The van der Waals surface area contributed by atoms with Crippen molar-refractivity contribution < 1.29 is 19.3 Å². The first kappa shape index (κ1) is 24.6. The molecule has 0 saturated heterocycles. The summed E-state index contributed by atoms with van der Waals surface area (Å²) < 4.78 is 18.1. The first-order chi connectivity index (χ1) is 16.6. The van der Waals surface area contributed by atoms with Crippen molar-refractivity contribution in [1.82, 2.24) is 0 Å². The van der Waals surface area contributed by atoms with E-state index in [0.717, 1.165) is 26.9 Å². The summed E-state index contributed by atoms with van der Waals surface area (Å²) in [5, 5.41) is 11.2. The summed E-state index contributed by atoms with van der Waals surface area (Å²) in [4.78, 5) is 2.88. The molecule has 0 radical (unpaired) electrons. The summed E-state index contributed by atoms with van der Waals surface area (Å²) in [6.07, 6.45) is 0.411. The topological polar surface area (TPSA) is 47.9 Å². The molecule has 0 aromatic heterocycles. The van der Waals surface area contributed by atoms with Gasteiger partial charge in [0.1, 0.15) is 22.9 Å². The average Bonchev–Trinajstić information content (AvgIpc) is 2.87. The summed E-state index contributed by atoms with van der Waals surface area (Å²) >= 11 is 3.22. The Kier molecular flexibility index (Phi) is 8.48. The Labute approximate surface area is 210 Å². The highest BCUT2D eigenvalue weighted by molar-refractivity contribution is 8.03. The van der Waals surface area contributed by atoms with Gasteiger partial charge in [-0.1, -0.05) is 60.3 Å². The molecule has 1 aliphatic heterocycles. The molecule has 3 aromatic carbocycles. The van der Waals surface area contributed by atoms with Gasteiger partial charge in [-0.25, -0.2) is 0 Å². The smallest absolute Gasteiger partial charge is 0.133 e. The molecule has 6 heteroatoms. The highest BCUT2D eigenvalue weighted by Crippen LogP contribution is 2.46. The molecule has 1 unspecified atom stereocenters. The zero-order chi connectivity index (χ0) is 23.8. The van der Waals surface area contributed by atoms with Crippen molar-refractivity contribution in [2.75, 3.05) is 25.6 Å². The van der Waals surface area contributed by atoms with Crippen LogP contribution in [-0.4, -0.2) is 30.7 Å². The van der Waals surface area contributed by atoms with E-state index in [1.807, 2.05) is 68.4 Å². The van der Waals surface area contributed by atoms with Gasteiger partial charge in [0.25, 0.3) is 0 Å². The van der Waals surface area contributed by atoms with E-state index in [9.17, 15) is 5.11 Å². The molecule has 1 aliphatic rings. The molecule has 3 aromatic rings. The monoisotopic (exact) mass is 494 g/mol. The van der Waals surface area contributed by atoms with Crippen LogP contribution >= 0.6 is 23.5 Å². The second-order valence-electron chi connectivity index (χ2n) is 7.87. The van der Waals surface area contributed by atoms with E-state index in [2.05, 4.69) is 24.3 Å². The number of hydrogen-bond acceptors (Lipinski definition) is 6. The summed E-state index contributed by atoms with van der Waals surface area (Å²) in [5.41, 5.74) is 0.466. The van der Waals surface area contributed by atoms with Crippen LogP contribution in [0.4, 0.5) is 0 Å². The zero-order valence-corrected chi connectivity index (χ0v) is 21.2. The van der Waals surface area contributed by atoms with E-state index in [4.69, 9.17) is 14.2 Å². The molecule has 1 N–H and O–H groups in total. The van der Waals surface area contributed by atoms with Crippen LogP contribution in [0, 0.1) is 0 Å². The lowest BCUT2D eigenvalue weighted by molar-refractivity contribution is -0.0373. The van der Waals surface area contributed by atoms with Gasteiger partial charge in [0.2, 0.25) is 0 Å². The number of aliphatic hydroxyl groups is 1. The summed E-state index contributed by atoms with van der Waals surface area (Å²) in [6, 6.07) is 26.3. The van der Waals surface area contributed by atoms with Gasteiger partial charge in [0.15, 0.2) is 0 Å². The van der Waals surface area contributed by atoms with E-state index >= 15 is 0 Å². The van der Waals surface area contributed by atoms with E-state index in [1.54, 1.807) is 11.8 Å². The molecular formula is C28H30O4S2. The molecule has 0 spiro atoms. The Morgan fingerprint density at radius 2 is 1.62 bits per heavy atom. The van der Waals surface area contributed by atoms with Crippen LogP contribution in [0.1, 0.15) is 25.8 Å². The van der Waals surface area contributed by atoms with Crippen molar-refractivity contribution >= 4 is 23.5 Å². The molecule has 0 bridgehead atoms. The quantitative estimate of drug-likeness (QED) is 0.295. The van der Waals surface area contributed by atoms with Gasteiger partial charge in [0.05, 0.1) is 29.6 Å². The number of ether oxygens (including phenoxy) is 3. The lowest BCUT2D eigenvalue weighted by Crippen LogP contribution is -2.37. The van der Waals surface area contributed by atoms with Crippen LogP contribution in [-0.2, 0) is 10.3 Å². The van der Waals surface area contributed by atoms with Crippen LogP contribution in [0.2, 0.25) is 0 Å². The largest absolute Gasteiger partial charge is 0.511 e. The van der Waals surface area contributed by atoms with E-state index in [1.165, 1.54) is 16.7 Å². The molecule has 0 amide bonds. The van der Waals surface area contributed by atoms with Gasteiger partial charge >= 0.3 is 0 Å². The maximum Gasteiger partial charge on any atom is 0.133 e. The minimum absolute atomic E-state index is 0.325. The molecular weight excluding hydrogens is 464 g/mol. The van der Waals surface area contributed by atoms with Crippen LogP contribution < -0.4 is 9.47 Å². The fourth-order valence-electron chi connectivity index (χ4n) is 3.85. The van der Waals surface area contributed by atoms with Crippen LogP contribution in [0.5, 0.6) is 11.5 Å². The van der Waals surface area contributed by atoms with Crippen LogP contribution in [0.3, 0.4) is 0 Å². The van der Waals surface area contributed by atoms with Crippen molar-refractivity contribution in [2.24, 2.45) is 0 Å².